The number of aryl methyl sites for hydroxylation is 1. The van der Waals surface area contributed by atoms with Gasteiger partial charge in [-0.1, -0.05) is 35.7 Å². The van der Waals surface area contributed by atoms with Crippen LogP contribution in [0.1, 0.15) is 37.7 Å². The number of hydrogen-bond donors (Lipinski definition) is 1. The highest BCUT2D eigenvalue weighted by Gasteiger charge is 2.40. The number of fused-ring (bicyclic) bond motifs is 2. The molecule has 1 aromatic carbocycles. The molecule has 130 valence electrons. The summed E-state index contributed by atoms with van der Waals surface area (Å²) in [5, 5.41) is 3.36. The zero-order valence-corrected chi connectivity index (χ0v) is 15.1. The number of carbonyl (C=O) groups is 2. The highest BCUT2D eigenvalue weighted by Crippen LogP contribution is 2.49. The second-order valence-corrected chi connectivity index (χ2v) is 7.69. The lowest BCUT2D eigenvalue weighted by Crippen LogP contribution is -2.23. The topological polar surface area (TPSA) is 55.4 Å². The number of hydrogen-bond acceptors (Lipinski definition) is 3. The van der Waals surface area contributed by atoms with Gasteiger partial charge in [0.2, 0.25) is 0 Å². The fourth-order valence-corrected chi connectivity index (χ4v) is 4.46. The molecule has 0 radical (unpaired) electrons. The summed E-state index contributed by atoms with van der Waals surface area (Å²) >= 11 is 12.2. The van der Waals surface area contributed by atoms with Crippen molar-refractivity contribution < 1.29 is 14.3 Å². The van der Waals surface area contributed by atoms with Crippen LogP contribution in [0.15, 0.2) is 12.1 Å². The second kappa shape index (κ2) is 7.32. The van der Waals surface area contributed by atoms with Crippen molar-refractivity contribution in [2.75, 3.05) is 11.9 Å². The standard InChI is InChI=1S/C18H21Cl2NO3/c1-10-2-5-14(19)18(17(10)20)21-15(22)9-24-16(23)8-13-7-11-3-4-12(13)6-11/h2,5,11-13H,3-4,6-9H2,1H3,(H,21,22)/t11-,12-,13+/m1/s1. The molecule has 0 unspecified atom stereocenters. The Labute approximate surface area is 151 Å². The number of amides is 1. The lowest BCUT2D eigenvalue weighted by Gasteiger charge is -2.20. The van der Waals surface area contributed by atoms with Gasteiger partial charge in [0.15, 0.2) is 6.61 Å². The first-order valence-electron chi connectivity index (χ1n) is 8.34. The van der Waals surface area contributed by atoms with E-state index in [0.29, 0.717) is 34.0 Å². The summed E-state index contributed by atoms with van der Waals surface area (Å²) in [6.45, 7) is 1.50. The molecule has 3 atom stereocenters. The number of nitrogens with one attached hydrogen (secondary N) is 1. The molecule has 0 heterocycles. The van der Waals surface area contributed by atoms with Gasteiger partial charge in [-0.2, -0.15) is 0 Å². The molecule has 6 heteroatoms. The molecule has 0 aromatic heterocycles. The normalized spacial score (nSPS) is 24.9. The van der Waals surface area contributed by atoms with Crippen molar-refractivity contribution in [1.82, 2.24) is 0 Å². The first-order chi connectivity index (χ1) is 11.4. The van der Waals surface area contributed by atoms with Gasteiger partial charge in [0.05, 0.1) is 15.7 Å². The number of ether oxygens (including phenoxy) is 1. The average molecular weight is 370 g/mol. The summed E-state index contributed by atoms with van der Waals surface area (Å²) in [7, 11) is 0. The van der Waals surface area contributed by atoms with Gasteiger partial charge in [-0.25, -0.2) is 0 Å². The molecule has 1 amide bonds. The third-order valence-corrected chi connectivity index (χ3v) is 6.03. The van der Waals surface area contributed by atoms with E-state index in [0.717, 1.165) is 17.9 Å². The van der Waals surface area contributed by atoms with E-state index in [-0.39, 0.29) is 12.6 Å². The minimum atomic E-state index is -0.439. The summed E-state index contributed by atoms with van der Waals surface area (Å²) in [6.07, 6.45) is 5.33. The molecule has 0 saturated heterocycles. The predicted molar refractivity (Wildman–Crippen MR) is 94.3 cm³/mol. The average Bonchev–Trinajstić information content (AvgIpc) is 3.16. The van der Waals surface area contributed by atoms with E-state index in [1.54, 1.807) is 12.1 Å². The van der Waals surface area contributed by atoms with Crippen LogP contribution >= 0.6 is 23.2 Å². The minimum absolute atomic E-state index is 0.302. The predicted octanol–water partition coefficient (Wildman–Crippen LogP) is 4.61. The summed E-state index contributed by atoms with van der Waals surface area (Å²) in [5.41, 5.74) is 1.16. The van der Waals surface area contributed by atoms with Crippen LogP contribution < -0.4 is 5.32 Å². The van der Waals surface area contributed by atoms with E-state index in [2.05, 4.69) is 5.32 Å². The van der Waals surface area contributed by atoms with E-state index >= 15 is 0 Å². The SMILES string of the molecule is Cc1ccc(Cl)c(NC(=O)COC(=O)C[C@@H]2C[C@@H]3CC[C@@H]2C3)c1Cl. The largest absolute Gasteiger partial charge is 0.456 e. The summed E-state index contributed by atoms with van der Waals surface area (Å²) in [6, 6.07) is 3.44. The molecule has 1 N–H and O–H groups in total. The molecule has 4 nitrogen and oxygen atoms in total. The third-order valence-electron chi connectivity index (χ3n) is 5.23. The maximum Gasteiger partial charge on any atom is 0.306 e. The Morgan fingerprint density at radius 2 is 2.04 bits per heavy atom. The Bertz CT molecular complexity index is 662. The number of benzene rings is 1. The molecule has 1 aromatic rings. The van der Waals surface area contributed by atoms with Crippen LogP contribution in [0, 0.1) is 24.7 Å². The van der Waals surface area contributed by atoms with Gasteiger partial charge >= 0.3 is 5.97 Å². The lowest BCUT2D eigenvalue weighted by atomic mass is 9.86. The van der Waals surface area contributed by atoms with Crippen LogP contribution in [0.25, 0.3) is 0 Å². The van der Waals surface area contributed by atoms with Crippen molar-refractivity contribution in [1.29, 1.82) is 0 Å². The maximum atomic E-state index is 12.0. The van der Waals surface area contributed by atoms with Gasteiger partial charge in [0, 0.05) is 6.42 Å². The second-order valence-electron chi connectivity index (χ2n) is 6.90. The smallest absolute Gasteiger partial charge is 0.306 e. The van der Waals surface area contributed by atoms with Crippen LogP contribution in [-0.4, -0.2) is 18.5 Å². The van der Waals surface area contributed by atoms with Crippen LogP contribution in [0.5, 0.6) is 0 Å². The van der Waals surface area contributed by atoms with E-state index in [1.807, 2.05) is 6.92 Å². The molecular formula is C18H21Cl2NO3. The first kappa shape index (κ1) is 17.6. The van der Waals surface area contributed by atoms with E-state index < -0.39 is 5.91 Å². The molecule has 3 rings (SSSR count). The number of carbonyl (C=O) groups excluding carboxylic acids is 2. The van der Waals surface area contributed by atoms with E-state index in [4.69, 9.17) is 27.9 Å². The Balaban J connectivity index is 1.47. The van der Waals surface area contributed by atoms with Crippen molar-refractivity contribution in [2.24, 2.45) is 17.8 Å². The number of rotatable bonds is 5. The molecule has 24 heavy (non-hydrogen) atoms. The number of halogens is 2. The van der Waals surface area contributed by atoms with Gasteiger partial charge in [0.25, 0.3) is 5.91 Å². The monoisotopic (exact) mass is 369 g/mol. The number of esters is 1. The summed E-state index contributed by atoms with van der Waals surface area (Å²) in [4.78, 5) is 24.0. The molecule has 2 aliphatic carbocycles. The Kier molecular flexibility index (Phi) is 5.36. The zero-order valence-electron chi connectivity index (χ0n) is 13.6. The van der Waals surface area contributed by atoms with Crippen molar-refractivity contribution in [2.45, 2.75) is 39.0 Å². The zero-order chi connectivity index (χ0) is 17.3. The lowest BCUT2D eigenvalue weighted by molar-refractivity contribution is -0.148. The van der Waals surface area contributed by atoms with Gasteiger partial charge in [0.1, 0.15) is 0 Å². The quantitative estimate of drug-likeness (QED) is 0.770. The molecule has 2 fully saturated rings. The maximum absolute atomic E-state index is 12.0. The Hall–Kier alpha value is -1.26. The van der Waals surface area contributed by atoms with Crippen molar-refractivity contribution in [3.8, 4) is 0 Å². The van der Waals surface area contributed by atoms with Gasteiger partial charge < -0.3 is 10.1 Å². The molecule has 2 saturated carbocycles. The summed E-state index contributed by atoms with van der Waals surface area (Å²) < 4.78 is 5.12. The fraction of sp³-hybridized carbons (Fsp3) is 0.556. The first-order valence-corrected chi connectivity index (χ1v) is 9.09. The fourth-order valence-electron chi connectivity index (χ4n) is 3.99. The highest BCUT2D eigenvalue weighted by atomic mass is 35.5. The van der Waals surface area contributed by atoms with Crippen molar-refractivity contribution in [3.63, 3.8) is 0 Å². The Morgan fingerprint density at radius 3 is 2.71 bits per heavy atom. The van der Waals surface area contributed by atoms with Gasteiger partial charge in [-0.15, -0.1) is 0 Å². The van der Waals surface area contributed by atoms with Crippen molar-refractivity contribution in [3.05, 3.63) is 27.7 Å². The van der Waals surface area contributed by atoms with E-state index in [1.165, 1.54) is 19.3 Å². The van der Waals surface area contributed by atoms with Crippen molar-refractivity contribution >= 4 is 40.8 Å². The van der Waals surface area contributed by atoms with Crippen LogP contribution in [0.3, 0.4) is 0 Å². The summed E-state index contributed by atoms with van der Waals surface area (Å²) in [5.74, 6) is 1.15. The number of anilines is 1. The van der Waals surface area contributed by atoms with Crippen LogP contribution in [-0.2, 0) is 14.3 Å². The molecular weight excluding hydrogens is 349 g/mol. The third kappa shape index (κ3) is 3.86. The highest BCUT2D eigenvalue weighted by molar-refractivity contribution is 6.40. The molecule has 2 aliphatic rings. The van der Waals surface area contributed by atoms with Gasteiger partial charge in [-0.05, 0) is 55.6 Å². The van der Waals surface area contributed by atoms with Crippen LogP contribution in [0.2, 0.25) is 10.0 Å². The molecule has 2 bridgehead atoms. The molecule has 0 aliphatic heterocycles. The minimum Gasteiger partial charge on any atom is -0.456 e. The Morgan fingerprint density at radius 1 is 1.25 bits per heavy atom. The van der Waals surface area contributed by atoms with E-state index in [9.17, 15) is 9.59 Å². The van der Waals surface area contributed by atoms with Crippen LogP contribution in [0.4, 0.5) is 5.69 Å². The van der Waals surface area contributed by atoms with Gasteiger partial charge in [-0.3, -0.25) is 9.59 Å². The molecule has 0 spiro atoms.